The summed E-state index contributed by atoms with van der Waals surface area (Å²) in [5, 5.41) is 7.02. The van der Waals surface area contributed by atoms with E-state index < -0.39 is 0 Å². The van der Waals surface area contributed by atoms with Crippen molar-refractivity contribution in [1.29, 1.82) is 0 Å². The molecule has 1 aromatic rings. The van der Waals surface area contributed by atoms with Gasteiger partial charge in [0.25, 0.3) is 0 Å². The van der Waals surface area contributed by atoms with E-state index >= 15 is 0 Å². The van der Waals surface area contributed by atoms with Crippen LogP contribution in [0.25, 0.3) is 0 Å². The van der Waals surface area contributed by atoms with Gasteiger partial charge in [-0.3, -0.25) is 0 Å². The van der Waals surface area contributed by atoms with E-state index in [1.165, 1.54) is 30.5 Å². The molecular weight excluding hydrogens is 337 g/mol. The number of fused-ring (bicyclic) bond motifs is 2. The van der Waals surface area contributed by atoms with Gasteiger partial charge in [-0.25, -0.2) is 0 Å². The lowest BCUT2D eigenvalue weighted by molar-refractivity contribution is 0.209. The summed E-state index contributed by atoms with van der Waals surface area (Å²) in [6.45, 7) is 2.16. The Morgan fingerprint density at radius 2 is 2.14 bits per heavy atom. The molecule has 2 heterocycles. The molecule has 0 aromatic heterocycles. The van der Waals surface area contributed by atoms with Gasteiger partial charge in [0, 0.05) is 16.4 Å². The second-order valence-electron chi connectivity index (χ2n) is 6.03. The van der Waals surface area contributed by atoms with E-state index in [-0.39, 0.29) is 0 Å². The molecule has 0 amide bonds. The Morgan fingerprint density at radius 3 is 2.82 bits per heavy atom. The molecule has 2 bridgehead atoms. The van der Waals surface area contributed by atoms with Crippen LogP contribution in [-0.4, -0.2) is 23.3 Å². The molecule has 0 radical (unpaired) electrons. The standard InChI is InChI=1S/C17H21Cl2NOS/c1-3-15(20-21-2)17-12(9-11-5-7-16(17)22-11)10-4-6-13(18)14(19)8-10/h4,6,8,11-12,16-17H,3,5,7,9H2,1-2H3/t11?,12-,16-,17+/m0/s1. The second-order valence-corrected chi connectivity index (χ2v) is 8.39. The summed E-state index contributed by atoms with van der Waals surface area (Å²) in [4.78, 5) is 5.11. The molecule has 1 aromatic carbocycles. The summed E-state index contributed by atoms with van der Waals surface area (Å²) in [5.41, 5.74) is 2.46. The van der Waals surface area contributed by atoms with Crippen molar-refractivity contribution in [3.8, 4) is 0 Å². The predicted molar refractivity (Wildman–Crippen MR) is 96.4 cm³/mol. The Balaban J connectivity index is 1.98. The van der Waals surface area contributed by atoms with Gasteiger partial charge in [0.05, 0.1) is 15.8 Å². The smallest absolute Gasteiger partial charge is 0.106 e. The quantitative estimate of drug-likeness (QED) is 0.503. The summed E-state index contributed by atoms with van der Waals surface area (Å²) >= 11 is 14.5. The van der Waals surface area contributed by atoms with Crippen molar-refractivity contribution in [2.45, 2.75) is 49.0 Å². The lowest BCUT2D eigenvalue weighted by Gasteiger charge is -2.37. The van der Waals surface area contributed by atoms with Crippen LogP contribution in [0.4, 0.5) is 0 Å². The first-order valence-corrected chi connectivity index (χ1v) is 9.54. The SMILES string of the molecule is CCC(=NOC)[C@@H]1[C@@H]2CCC(C[C@H]1c1ccc(Cl)c(Cl)c1)S2. The van der Waals surface area contributed by atoms with E-state index in [9.17, 15) is 0 Å². The molecule has 2 aliphatic rings. The first-order valence-electron chi connectivity index (χ1n) is 7.84. The average Bonchev–Trinajstić information content (AvgIpc) is 2.90. The van der Waals surface area contributed by atoms with Gasteiger partial charge >= 0.3 is 0 Å². The summed E-state index contributed by atoms with van der Waals surface area (Å²) < 4.78 is 0. The van der Waals surface area contributed by atoms with Crippen molar-refractivity contribution in [1.82, 2.24) is 0 Å². The van der Waals surface area contributed by atoms with Gasteiger partial charge in [0.15, 0.2) is 0 Å². The molecule has 0 spiro atoms. The highest BCUT2D eigenvalue weighted by Crippen LogP contribution is 2.53. The molecule has 2 nitrogen and oxygen atoms in total. The minimum absolute atomic E-state index is 0.436. The molecule has 0 N–H and O–H groups in total. The first-order chi connectivity index (χ1) is 10.6. The van der Waals surface area contributed by atoms with E-state index in [1.807, 2.05) is 12.1 Å². The fourth-order valence-electron chi connectivity index (χ4n) is 3.87. The highest BCUT2D eigenvalue weighted by molar-refractivity contribution is 8.00. The Kier molecular flexibility index (Phi) is 5.26. The highest BCUT2D eigenvalue weighted by atomic mass is 35.5. The molecule has 0 aliphatic carbocycles. The lowest BCUT2D eigenvalue weighted by Crippen LogP contribution is -2.34. The van der Waals surface area contributed by atoms with Gasteiger partial charge in [-0.15, -0.1) is 0 Å². The number of hydrogen-bond acceptors (Lipinski definition) is 3. The van der Waals surface area contributed by atoms with Crippen molar-refractivity contribution >= 4 is 40.7 Å². The maximum absolute atomic E-state index is 6.25. The lowest BCUT2D eigenvalue weighted by atomic mass is 9.78. The van der Waals surface area contributed by atoms with E-state index in [0.717, 1.165) is 11.7 Å². The van der Waals surface area contributed by atoms with Crippen LogP contribution in [-0.2, 0) is 4.84 Å². The molecule has 5 heteroatoms. The van der Waals surface area contributed by atoms with Crippen LogP contribution < -0.4 is 0 Å². The molecule has 0 saturated carbocycles. The van der Waals surface area contributed by atoms with E-state index in [2.05, 4.69) is 29.9 Å². The Labute approximate surface area is 146 Å². The van der Waals surface area contributed by atoms with E-state index in [1.54, 1.807) is 7.11 Å². The molecule has 22 heavy (non-hydrogen) atoms. The van der Waals surface area contributed by atoms with Crippen LogP contribution in [0.2, 0.25) is 10.0 Å². The molecule has 3 rings (SSSR count). The number of hydrogen-bond donors (Lipinski definition) is 0. The molecule has 2 fully saturated rings. The number of halogens is 2. The predicted octanol–water partition coefficient (Wildman–Crippen LogP) is 5.77. The first kappa shape index (κ1) is 16.5. The molecule has 1 unspecified atom stereocenters. The van der Waals surface area contributed by atoms with E-state index in [4.69, 9.17) is 28.0 Å². The Morgan fingerprint density at radius 1 is 1.32 bits per heavy atom. The van der Waals surface area contributed by atoms with Crippen LogP contribution in [0, 0.1) is 5.92 Å². The van der Waals surface area contributed by atoms with Crippen LogP contribution in [0.1, 0.15) is 44.1 Å². The summed E-state index contributed by atoms with van der Waals surface area (Å²) in [6.07, 6.45) is 4.71. The second kappa shape index (κ2) is 7.02. The Bertz CT molecular complexity index is 578. The maximum Gasteiger partial charge on any atom is 0.106 e. The number of rotatable bonds is 4. The normalized spacial score (nSPS) is 31.4. The largest absolute Gasteiger partial charge is 0.399 e. The van der Waals surface area contributed by atoms with Gasteiger partial charge in [0.2, 0.25) is 0 Å². The molecule has 120 valence electrons. The third-order valence-corrected chi connectivity index (χ3v) is 7.25. The summed E-state index contributed by atoms with van der Waals surface area (Å²) in [7, 11) is 1.64. The summed E-state index contributed by atoms with van der Waals surface area (Å²) in [6, 6.07) is 6.08. The third kappa shape index (κ3) is 3.13. The molecule has 4 atom stereocenters. The number of nitrogens with zero attached hydrogens (tertiary/aromatic N) is 1. The highest BCUT2D eigenvalue weighted by Gasteiger charge is 2.45. The van der Waals surface area contributed by atoms with Crippen molar-refractivity contribution < 1.29 is 4.84 Å². The molecule has 2 aliphatic heterocycles. The van der Waals surface area contributed by atoms with Crippen LogP contribution >= 0.6 is 35.0 Å². The fraction of sp³-hybridized carbons (Fsp3) is 0.588. The van der Waals surface area contributed by atoms with Gasteiger partial charge in [-0.05, 0) is 49.3 Å². The average molecular weight is 358 g/mol. The Hall–Kier alpha value is -0.380. The topological polar surface area (TPSA) is 21.6 Å². The van der Waals surface area contributed by atoms with Crippen molar-refractivity contribution in [2.24, 2.45) is 11.1 Å². The minimum Gasteiger partial charge on any atom is -0.399 e. The van der Waals surface area contributed by atoms with Crippen LogP contribution in [0.3, 0.4) is 0 Å². The van der Waals surface area contributed by atoms with Gasteiger partial charge in [0.1, 0.15) is 7.11 Å². The summed E-state index contributed by atoms with van der Waals surface area (Å²) in [5.74, 6) is 0.897. The molecule has 2 saturated heterocycles. The van der Waals surface area contributed by atoms with Crippen molar-refractivity contribution in [3.05, 3.63) is 33.8 Å². The van der Waals surface area contributed by atoms with Crippen LogP contribution in [0.5, 0.6) is 0 Å². The van der Waals surface area contributed by atoms with Crippen molar-refractivity contribution in [3.63, 3.8) is 0 Å². The zero-order chi connectivity index (χ0) is 15.7. The fourth-order valence-corrected chi connectivity index (χ4v) is 6.05. The molecular formula is C17H21Cl2NOS. The van der Waals surface area contributed by atoms with E-state index in [0.29, 0.717) is 27.1 Å². The third-order valence-electron chi connectivity index (χ3n) is 4.82. The van der Waals surface area contributed by atoms with Gasteiger partial charge < -0.3 is 4.84 Å². The maximum atomic E-state index is 6.25. The number of oxime groups is 1. The minimum atomic E-state index is 0.436. The zero-order valence-corrected chi connectivity index (χ0v) is 15.2. The number of benzene rings is 1. The number of thioether (sulfide) groups is 1. The zero-order valence-electron chi connectivity index (χ0n) is 12.9. The van der Waals surface area contributed by atoms with Gasteiger partial charge in [-0.2, -0.15) is 11.8 Å². The monoisotopic (exact) mass is 357 g/mol. The van der Waals surface area contributed by atoms with Crippen LogP contribution in [0.15, 0.2) is 23.4 Å². The van der Waals surface area contributed by atoms with Gasteiger partial charge in [-0.1, -0.05) is 41.3 Å². The van der Waals surface area contributed by atoms with Crippen molar-refractivity contribution in [2.75, 3.05) is 7.11 Å².